The molecule has 21 heavy (non-hydrogen) atoms. The number of likely N-dealkylation sites (tertiary alicyclic amines) is 1. The predicted octanol–water partition coefficient (Wildman–Crippen LogP) is 2.33. The molecule has 0 spiro atoms. The molecule has 1 heterocycles. The summed E-state index contributed by atoms with van der Waals surface area (Å²) in [5.74, 6) is 1.48. The molecule has 0 aromatic rings. The highest BCUT2D eigenvalue weighted by Gasteiger charge is 2.37. The fourth-order valence-corrected chi connectivity index (χ4v) is 3.86. The third kappa shape index (κ3) is 3.78. The molecule has 0 unspecified atom stereocenters. The number of rotatable bonds is 3. The molecule has 118 valence electrons. The molecule has 0 aromatic carbocycles. The zero-order valence-corrected chi connectivity index (χ0v) is 13.1. The van der Waals surface area contributed by atoms with Crippen LogP contribution in [0.5, 0.6) is 0 Å². The van der Waals surface area contributed by atoms with Crippen molar-refractivity contribution in [3.05, 3.63) is 0 Å². The predicted molar refractivity (Wildman–Crippen MR) is 81.6 cm³/mol. The standard InChI is InChI=1S/C17H28N2O2/c1-12-4-2-6-15(10-12)18-16(20)14-5-3-9-19(11-14)17(21)13-7-8-13/h12-15H,2-11H2,1H3,(H,18,20)/t12-,14+,15-/m1/s1. The van der Waals surface area contributed by atoms with Gasteiger partial charge in [0, 0.05) is 25.0 Å². The van der Waals surface area contributed by atoms with Crippen LogP contribution < -0.4 is 5.32 Å². The minimum atomic E-state index is 0.0127. The summed E-state index contributed by atoms with van der Waals surface area (Å²) in [6.07, 6.45) is 8.75. The Hall–Kier alpha value is -1.06. The summed E-state index contributed by atoms with van der Waals surface area (Å²) in [5, 5.41) is 3.25. The highest BCUT2D eigenvalue weighted by molar-refractivity contribution is 5.83. The van der Waals surface area contributed by atoms with Gasteiger partial charge in [-0.25, -0.2) is 0 Å². The number of nitrogens with zero attached hydrogens (tertiary/aromatic N) is 1. The molecular formula is C17H28N2O2. The zero-order valence-electron chi connectivity index (χ0n) is 13.1. The van der Waals surface area contributed by atoms with Crippen LogP contribution in [0.1, 0.15) is 58.3 Å². The molecule has 2 amide bonds. The van der Waals surface area contributed by atoms with Crippen molar-refractivity contribution >= 4 is 11.8 Å². The van der Waals surface area contributed by atoms with Crippen LogP contribution in [0.15, 0.2) is 0 Å². The van der Waals surface area contributed by atoms with Gasteiger partial charge in [0.05, 0.1) is 5.92 Å². The van der Waals surface area contributed by atoms with Crippen molar-refractivity contribution in [1.82, 2.24) is 10.2 Å². The number of hydrogen-bond donors (Lipinski definition) is 1. The van der Waals surface area contributed by atoms with Gasteiger partial charge in [-0.2, -0.15) is 0 Å². The molecule has 0 bridgehead atoms. The molecule has 3 atom stereocenters. The number of nitrogens with one attached hydrogen (secondary N) is 1. The lowest BCUT2D eigenvalue weighted by Gasteiger charge is -2.34. The highest BCUT2D eigenvalue weighted by Crippen LogP contribution is 2.32. The number of carbonyl (C=O) groups excluding carboxylic acids is 2. The van der Waals surface area contributed by atoms with Crippen molar-refractivity contribution in [3.63, 3.8) is 0 Å². The molecule has 2 saturated carbocycles. The minimum absolute atomic E-state index is 0.0127. The van der Waals surface area contributed by atoms with Gasteiger partial charge in [0.25, 0.3) is 0 Å². The van der Waals surface area contributed by atoms with Gasteiger partial charge in [0.1, 0.15) is 0 Å². The average Bonchev–Trinajstić information content (AvgIpc) is 3.31. The Bertz CT molecular complexity index is 406. The van der Waals surface area contributed by atoms with Crippen LogP contribution in [0.25, 0.3) is 0 Å². The molecule has 0 aromatic heterocycles. The first kappa shape index (κ1) is 14.9. The van der Waals surface area contributed by atoms with E-state index < -0.39 is 0 Å². The van der Waals surface area contributed by atoms with Crippen molar-refractivity contribution in [1.29, 1.82) is 0 Å². The van der Waals surface area contributed by atoms with Gasteiger partial charge in [-0.3, -0.25) is 9.59 Å². The Labute approximate surface area is 127 Å². The molecule has 1 saturated heterocycles. The van der Waals surface area contributed by atoms with Gasteiger partial charge < -0.3 is 10.2 Å². The maximum atomic E-state index is 12.5. The van der Waals surface area contributed by atoms with Gasteiger partial charge in [-0.15, -0.1) is 0 Å². The molecule has 3 fully saturated rings. The second kappa shape index (κ2) is 6.37. The Morgan fingerprint density at radius 2 is 1.81 bits per heavy atom. The summed E-state index contributed by atoms with van der Waals surface area (Å²) in [6, 6.07) is 0.357. The van der Waals surface area contributed by atoms with Crippen LogP contribution in [0, 0.1) is 17.8 Å². The van der Waals surface area contributed by atoms with Crippen LogP contribution in [0.3, 0.4) is 0 Å². The Morgan fingerprint density at radius 3 is 2.52 bits per heavy atom. The molecule has 4 nitrogen and oxygen atoms in total. The lowest BCUT2D eigenvalue weighted by molar-refractivity contribution is -0.137. The molecule has 3 aliphatic rings. The second-order valence-electron chi connectivity index (χ2n) is 7.37. The first-order chi connectivity index (χ1) is 10.1. The van der Waals surface area contributed by atoms with Crippen molar-refractivity contribution in [3.8, 4) is 0 Å². The maximum absolute atomic E-state index is 12.5. The van der Waals surface area contributed by atoms with Gasteiger partial charge in [0.15, 0.2) is 0 Å². The molecule has 2 aliphatic carbocycles. The molecule has 0 radical (unpaired) electrons. The monoisotopic (exact) mass is 292 g/mol. The molecule has 1 aliphatic heterocycles. The van der Waals surface area contributed by atoms with E-state index in [1.807, 2.05) is 4.90 Å². The summed E-state index contributed by atoms with van der Waals surface area (Å²) in [5.41, 5.74) is 0. The Balaban J connectivity index is 1.50. The van der Waals surface area contributed by atoms with Crippen LogP contribution in [0.2, 0.25) is 0 Å². The van der Waals surface area contributed by atoms with E-state index in [0.717, 1.165) is 51.0 Å². The van der Waals surface area contributed by atoms with Crippen LogP contribution in [-0.2, 0) is 9.59 Å². The average molecular weight is 292 g/mol. The number of carbonyl (C=O) groups is 2. The van der Waals surface area contributed by atoms with E-state index in [1.165, 1.54) is 12.8 Å². The largest absolute Gasteiger partial charge is 0.353 e. The van der Waals surface area contributed by atoms with E-state index >= 15 is 0 Å². The normalized spacial score (nSPS) is 33.6. The molecular weight excluding hydrogens is 264 g/mol. The van der Waals surface area contributed by atoms with E-state index in [1.54, 1.807) is 0 Å². The summed E-state index contributed by atoms with van der Waals surface area (Å²) < 4.78 is 0. The Morgan fingerprint density at radius 1 is 1.00 bits per heavy atom. The van der Waals surface area contributed by atoms with E-state index in [-0.39, 0.29) is 17.7 Å². The second-order valence-corrected chi connectivity index (χ2v) is 7.37. The smallest absolute Gasteiger partial charge is 0.225 e. The molecule has 4 heteroatoms. The SMILES string of the molecule is C[C@@H]1CCC[C@@H](NC(=O)[C@H]2CCCN(C(=O)C3CC3)C2)C1. The van der Waals surface area contributed by atoms with E-state index in [4.69, 9.17) is 0 Å². The number of amides is 2. The third-order valence-electron chi connectivity index (χ3n) is 5.31. The quantitative estimate of drug-likeness (QED) is 0.868. The summed E-state index contributed by atoms with van der Waals surface area (Å²) >= 11 is 0. The van der Waals surface area contributed by atoms with E-state index in [2.05, 4.69) is 12.2 Å². The summed E-state index contributed by atoms with van der Waals surface area (Å²) in [4.78, 5) is 26.6. The number of piperidine rings is 1. The topological polar surface area (TPSA) is 49.4 Å². The van der Waals surface area contributed by atoms with Gasteiger partial charge >= 0.3 is 0 Å². The van der Waals surface area contributed by atoms with Gasteiger partial charge in [-0.1, -0.05) is 19.8 Å². The lowest BCUT2D eigenvalue weighted by Crippen LogP contribution is -2.48. The zero-order chi connectivity index (χ0) is 14.8. The number of hydrogen-bond acceptors (Lipinski definition) is 2. The minimum Gasteiger partial charge on any atom is -0.353 e. The van der Waals surface area contributed by atoms with E-state index in [9.17, 15) is 9.59 Å². The van der Waals surface area contributed by atoms with Crippen molar-refractivity contribution < 1.29 is 9.59 Å². The first-order valence-corrected chi connectivity index (χ1v) is 8.72. The van der Waals surface area contributed by atoms with Crippen molar-refractivity contribution in [2.24, 2.45) is 17.8 Å². The van der Waals surface area contributed by atoms with Gasteiger partial charge in [-0.05, 0) is 44.4 Å². The van der Waals surface area contributed by atoms with Crippen LogP contribution in [-0.4, -0.2) is 35.8 Å². The Kier molecular flexibility index (Phi) is 4.51. The molecule has 1 N–H and O–H groups in total. The fraction of sp³-hybridized carbons (Fsp3) is 0.882. The summed E-state index contributed by atoms with van der Waals surface area (Å²) in [7, 11) is 0. The molecule has 3 rings (SSSR count). The van der Waals surface area contributed by atoms with Crippen LogP contribution >= 0.6 is 0 Å². The third-order valence-corrected chi connectivity index (χ3v) is 5.31. The maximum Gasteiger partial charge on any atom is 0.225 e. The van der Waals surface area contributed by atoms with E-state index in [0.29, 0.717) is 18.5 Å². The van der Waals surface area contributed by atoms with Crippen LogP contribution in [0.4, 0.5) is 0 Å². The van der Waals surface area contributed by atoms with Crippen molar-refractivity contribution in [2.75, 3.05) is 13.1 Å². The highest BCUT2D eigenvalue weighted by atomic mass is 16.2. The van der Waals surface area contributed by atoms with Crippen molar-refractivity contribution in [2.45, 2.75) is 64.3 Å². The van der Waals surface area contributed by atoms with Gasteiger partial charge in [0.2, 0.25) is 11.8 Å². The summed E-state index contributed by atoms with van der Waals surface area (Å²) in [6.45, 7) is 3.76. The first-order valence-electron chi connectivity index (χ1n) is 8.72. The lowest BCUT2D eigenvalue weighted by atomic mass is 9.86. The fourth-order valence-electron chi connectivity index (χ4n) is 3.86.